The van der Waals surface area contributed by atoms with E-state index in [1.807, 2.05) is 18.2 Å². The van der Waals surface area contributed by atoms with Gasteiger partial charge in [0.2, 0.25) is 5.91 Å². The Bertz CT molecular complexity index is 669. The summed E-state index contributed by atoms with van der Waals surface area (Å²) in [5.41, 5.74) is 3.59. The van der Waals surface area contributed by atoms with Gasteiger partial charge in [-0.05, 0) is 29.7 Å². The van der Waals surface area contributed by atoms with Crippen molar-refractivity contribution >= 4 is 11.6 Å². The van der Waals surface area contributed by atoms with Gasteiger partial charge in [0.1, 0.15) is 0 Å². The maximum absolute atomic E-state index is 11.6. The minimum atomic E-state index is -0.213. The summed E-state index contributed by atoms with van der Waals surface area (Å²) in [5, 5.41) is 0. The molecule has 0 aliphatic carbocycles. The fraction of sp³-hybridized carbons (Fsp3) is 0.231. The van der Waals surface area contributed by atoms with Crippen molar-refractivity contribution in [3.8, 4) is 11.3 Å². The summed E-state index contributed by atoms with van der Waals surface area (Å²) in [6, 6.07) is 5.86. The highest BCUT2D eigenvalue weighted by atomic mass is 16.2. The van der Waals surface area contributed by atoms with Crippen molar-refractivity contribution in [2.45, 2.75) is 12.8 Å². The minimum absolute atomic E-state index is 0.144. The Balaban J connectivity index is 2.07. The molecule has 0 atom stereocenters. The zero-order valence-corrected chi connectivity index (χ0v) is 9.99. The van der Waals surface area contributed by atoms with Gasteiger partial charge in [-0.25, -0.2) is 4.79 Å². The highest BCUT2D eigenvalue weighted by molar-refractivity contribution is 5.96. The van der Waals surface area contributed by atoms with Crippen LogP contribution in [0.3, 0.4) is 0 Å². The number of fused-ring (bicyclic) bond motifs is 1. The van der Waals surface area contributed by atoms with E-state index < -0.39 is 0 Å². The number of hydrogen-bond acceptors (Lipinski definition) is 2. The molecule has 2 aromatic rings. The van der Waals surface area contributed by atoms with Gasteiger partial charge in [-0.1, -0.05) is 6.07 Å². The third-order valence-corrected chi connectivity index (χ3v) is 3.33. The molecule has 0 saturated carbocycles. The molecule has 0 bridgehead atoms. The predicted molar refractivity (Wildman–Crippen MR) is 68.6 cm³/mol. The van der Waals surface area contributed by atoms with E-state index in [4.69, 9.17) is 0 Å². The Kier molecular flexibility index (Phi) is 2.33. The number of aromatic nitrogens is 2. The normalized spacial score (nSPS) is 14.7. The van der Waals surface area contributed by atoms with Gasteiger partial charge in [0.25, 0.3) is 0 Å². The largest absolute Gasteiger partial charge is 0.323 e. The number of benzene rings is 1. The molecular formula is C13H13N3O2. The van der Waals surface area contributed by atoms with E-state index in [1.165, 1.54) is 0 Å². The molecule has 1 aliphatic rings. The molecule has 3 rings (SSSR count). The van der Waals surface area contributed by atoms with Crippen LogP contribution in [0, 0.1) is 0 Å². The highest BCUT2D eigenvalue weighted by Crippen LogP contribution is 2.30. The first kappa shape index (κ1) is 10.8. The van der Waals surface area contributed by atoms with Gasteiger partial charge in [-0.3, -0.25) is 4.79 Å². The fourth-order valence-corrected chi connectivity index (χ4v) is 2.31. The quantitative estimate of drug-likeness (QED) is 0.792. The van der Waals surface area contributed by atoms with Crippen molar-refractivity contribution in [3.05, 3.63) is 40.4 Å². The van der Waals surface area contributed by atoms with Crippen LogP contribution in [0.1, 0.15) is 12.0 Å². The maximum Gasteiger partial charge on any atom is 0.323 e. The standard InChI is InChI=1S/C13H13N3O2/c1-16-11-4-2-8(10-7-14-13(18)15-10)6-9(11)3-5-12(16)17/h2,4,6-7H,3,5H2,1H3,(H2,14,15,18). The molecule has 92 valence electrons. The average molecular weight is 243 g/mol. The number of nitrogens with one attached hydrogen (secondary N) is 2. The third kappa shape index (κ3) is 1.64. The Morgan fingerprint density at radius 2 is 2.06 bits per heavy atom. The molecule has 18 heavy (non-hydrogen) atoms. The lowest BCUT2D eigenvalue weighted by molar-refractivity contribution is -0.118. The summed E-state index contributed by atoms with van der Waals surface area (Å²) in [5.74, 6) is 0.144. The zero-order chi connectivity index (χ0) is 12.7. The number of amides is 1. The SMILES string of the molecule is CN1C(=O)CCc2cc(-c3c[nH]c(=O)[nH]3)ccc21. The van der Waals surface area contributed by atoms with Crippen molar-refractivity contribution < 1.29 is 4.79 Å². The number of carbonyl (C=O) groups excluding carboxylic acids is 1. The van der Waals surface area contributed by atoms with E-state index in [-0.39, 0.29) is 11.6 Å². The van der Waals surface area contributed by atoms with Crippen LogP contribution in [0.2, 0.25) is 0 Å². The lowest BCUT2D eigenvalue weighted by Crippen LogP contribution is -2.30. The predicted octanol–water partition coefficient (Wildman–Crippen LogP) is 1.28. The number of aryl methyl sites for hydroxylation is 1. The van der Waals surface area contributed by atoms with Crippen molar-refractivity contribution in [3.63, 3.8) is 0 Å². The van der Waals surface area contributed by atoms with Gasteiger partial charge in [0.15, 0.2) is 0 Å². The Morgan fingerprint density at radius 3 is 2.78 bits per heavy atom. The van der Waals surface area contributed by atoms with Crippen molar-refractivity contribution in [2.24, 2.45) is 0 Å². The topological polar surface area (TPSA) is 69.0 Å². The molecule has 1 amide bonds. The molecule has 5 nitrogen and oxygen atoms in total. The molecule has 2 N–H and O–H groups in total. The number of aromatic amines is 2. The fourth-order valence-electron chi connectivity index (χ4n) is 2.31. The van der Waals surface area contributed by atoms with Crippen LogP contribution >= 0.6 is 0 Å². The molecule has 0 spiro atoms. The van der Waals surface area contributed by atoms with E-state index >= 15 is 0 Å². The first-order chi connectivity index (χ1) is 8.65. The second-order valence-electron chi connectivity index (χ2n) is 4.45. The van der Waals surface area contributed by atoms with Crippen LogP contribution in [0.5, 0.6) is 0 Å². The first-order valence-electron chi connectivity index (χ1n) is 5.83. The molecule has 0 radical (unpaired) electrons. The molecule has 5 heteroatoms. The van der Waals surface area contributed by atoms with E-state index in [1.54, 1.807) is 18.1 Å². The monoisotopic (exact) mass is 243 g/mol. The van der Waals surface area contributed by atoms with Gasteiger partial charge in [0.05, 0.1) is 5.69 Å². The van der Waals surface area contributed by atoms with E-state index in [0.717, 1.165) is 28.9 Å². The summed E-state index contributed by atoms with van der Waals surface area (Å²) in [4.78, 5) is 29.7. The van der Waals surface area contributed by atoms with Crippen LogP contribution in [-0.4, -0.2) is 22.9 Å². The van der Waals surface area contributed by atoms with Crippen molar-refractivity contribution in [1.29, 1.82) is 0 Å². The molecule has 0 unspecified atom stereocenters. The van der Waals surface area contributed by atoms with Gasteiger partial charge in [0, 0.05) is 25.4 Å². The number of hydrogen-bond donors (Lipinski definition) is 2. The van der Waals surface area contributed by atoms with Crippen LogP contribution in [0.4, 0.5) is 5.69 Å². The molecule has 1 aliphatic heterocycles. The van der Waals surface area contributed by atoms with Crippen molar-refractivity contribution in [1.82, 2.24) is 9.97 Å². The zero-order valence-electron chi connectivity index (χ0n) is 9.99. The Morgan fingerprint density at radius 1 is 1.22 bits per heavy atom. The van der Waals surface area contributed by atoms with E-state index in [0.29, 0.717) is 6.42 Å². The minimum Gasteiger partial charge on any atom is -0.315 e. The summed E-state index contributed by atoms with van der Waals surface area (Å²) < 4.78 is 0. The second kappa shape index (κ2) is 3.87. The van der Waals surface area contributed by atoms with E-state index in [9.17, 15) is 9.59 Å². The number of H-pyrrole nitrogens is 2. The number of carbonyl (C=O) groups is 1. The first-order valence-corrected chi connectivity index (χ1v) is 5.83. The number of rotatable bonds is 1. The second-order valence-corrected chi connectivity index (χ2v) is 4.45. The van der Waals surface area contributed by atoms with Gasteiger partial charge < -0.3 is 14.9 Å². The third-order valence-electron chi connectivity index (χ3n) is 3.33. The molecule has 1 aromatic carbocycles. The molecule has 0 fully saturated rings. The maximum atomic E-state index is 11.6. The molecule has 2 heterocycles. The van der Waals surface area contributed by atoms with E-state index in [2.05, 4.69) is 9.97 Å². The smallest absolute Gasteiger partial charge is 0.315 e. The number of anilines is 1. The summed E-state index contributed by atoms with van der Waals surface area (Å²) in [7, 11) is 1.79. The lowest BCUT2D eigenvalue weighted by atomic mass is 9.98. The average Bonchev–Trinajstić information content (AvgIpc) is 2.80. The van der Waals surface area contributed by atoms with Crippen LogP contribution < -0.4 is 10.6 Å². The van der Waals surface area contributed by atoms with Crippen LogP contribution in [0.25, 0.3) is 11.3 Å². The summed E-state index contributed by atoms with van der Waals surface area (Å²) in [6.45, 7) is 0. The summed E-state index contributed by atoms with van der Waals surface area (Å²) >= 11 is 0. The van der Waals surface area contributed by atoms with Gasteiger partial charge >= 0.3 is 5.69 Å². The Hall–Kier alpha value is -2.30. The molecule has 0 saturated heterocycles. The Labute approximate surface area is 103 Å². The number of nitrogens with zero attached hydrogens (tertiary/aromatic N) is 1. The molecular weight excluding hydrogens is 230 g/mol. The van der Waals surface area contributed by atoms with Crippen LogP contribution in [0.15, 0.2) is 29.2 Å². The summed E-state index contributed by atoms with van der Waals surface area (Å²) in [6.07, 6.45) is 2.94. The van der Waals surface area contributed by atoms with Gasteiger partial charge in [-0.2, -0.15) is 0 Å². The number of imidazole rings is 1. The molecule has 1 aromatic heterocycles. The van der Waals surface area contributed by atoms with Gasteiger partial charge in [-0.15, -0.1) is 0 Å². The lowest BCUT2D eigenvalue weighted by Gasteiger charge is -2.26. The van der Waals surface area contributed by atoms with Crippen molar-refractivity contribution in [2.75, 3.05) is 11.9 Å². The highest BCUT2D eigenvalue weighted by Gasteiger charge is 2.20. The van der Waals surface area contributed by atoms with Crippen LogP contribution in [-0.2, 0) is 11.2 Å².